The smallest absolute Gasteiger partial charge is 0.271 e. The second-order valence-electron chi connectivity index (χ2n) is 4.13. The van der Waals surface area contributed by atoms with E-state index >= 15 is 0 Å². The normalized spacial score (nSPS) is 11.2. The van der Waals surface area contributed by atoms with Crippen molar-refractivity contribution in [2.45, 2.75) is 26.8 Å². The monoisotopic (exact) mass is 219 g/mol. The molecule has 0 saturated heterocycles. The zero-order valence-corrected chi connectivity index (χ0v) is 9.47. The highest BCUT2D eigenvalue weighted by atomic mass is 16.6. The van der Waals surface area contributed by atoms with Gasteiger partial charge in [0, 0.05) is 18.2 Å². The Morgan fingerprint density at radius 3 is 2.69 bits per heavy atom. The van der Waals surface area contributed by atoms with Gasteiger partial charge in [-0.1, -0.05) is 0 Å². The van der Waals surface area contributed by atoms with Crippen LogP contribution in [0.25, 0.3) is 11.0 Å². The van der Waals surface area contributed by atoms with E-state index in [4.69, 9.17) is 0 Å². The van der Waals surface area contributed by atoms with Crippen LogP contribution < -0.4 is 0 Å². The molecule has 0 fully saturated rings. The van der Waals surface area contributed by atoms with Gasteiger partial charge in [0.05, 0.1) is 22.3 Å². The lowest BCUT2D eigenvalue weighted by Gasteiger charge is -2.07. The van der Waals surface area contributed by atoms with Gasteiger partial charge in [0.25, 0.3) is 5.69 Å². The Morgan fingerprint density at radius 2 is 2.12 bits per heavy atom. The fourth-order valence-electron chi connectivity index (χ4n) is 1.81. The Hall–Kier alpha value is -1.91. The van der Waals surface area contributed by atoms with Crippen molar-refractivity contribution in [2.24, 2.45) is 0 Å². The molecule has 5 heteroatoms. The fourth-order valence-corrected chi connectivity index (χ4v) is 1.81. The van der Waals surface area contributed by atoms with E-state index in [2.05, 4.69) is 4.98 Å². The zero-order chi connectivity index (χ0) is 11.9. The van der Waals surface area contributed by atoms with Crippen LogP contribution in [0, 0.1) is 17.0 Å². The third-order valence-electron chi connectivity index (χ3n) is 2.62. The molecule has 0 aliphatic carbocycles. The molecule has 84 valence electrons. The number of aromatic nitrogens is 2. The summed E-state index contributed by atoms with van der Waals surface area (Å²) in [4.78, 5) is 14.7. The number of rotatable bonds is 2. The summed E-state index contributed by atoms with van der Waals surface area (Å²) in [5.74, 6) is 0. The highest BCUT2D eigenvalue weighted by molar-refractivity contribution is 5.81. The third-order valence-corrected chi connectivity index (χ3v) is 2.62. The van der Waals surface area contributed by atoms with Gasteiger partial charge in [-0.05, 0) is 26.3 Å². The highest BCUT2D eigenvalue weighted by Crippen LogP contribution is 2.25. The fraction of sp³-hybridized carbons (Fsp3) is 0.364. The number of benzene rings is 1. The van der Waals surface area contributed by atoms with Crippen LogP contribution in [0.15, 0.2) is 18.5 Å². The van der Waals surface area contributed by atoms with Crippen LogP contribution >= 0.6 is 0 Å². The molecule has 0 aliphatic rings. The third kappa shape index (κ3) is 1.54. The van der Waals surface area contributed by atoms with Gasteiger partial charge in [0.2, 0.25) is 0 Å². The summed E-state index contributed by atoms with van der Waals surface area (Å²) in [6, 6.07) is 3.38. The Kier molecular flexibility index (Phi) is 2.38. The zero-order valence-electron chi connectivity index (χ0n) is 9.47. The quantitative estimate of drug-likeness (QED) is 0.576. The molecular weight excluding hydrogens is 206 g/mol. The van der Waals surface area contributed by atoms with Gasteiger partial charge in [-0.2, -0.15) is 0 Å². The van der Waals surface area contributed by atoms with Crippen LogP contribution in [0.1, 0.15) is 25.5 Å². The summed E-state index contributed by atoms with van der Waals surface area (Å²) in [5.41, 5.74) is 2.61. The Labute approximate surface area is 92.9 Å². The molecule has 5 nitrogen and oxygen atoms in total. The summed E-state index contributed by atoms with van der Waals surface area (Å²) in [7, 11) is 0. The molecule has 1 heterocycles. The van der Waals surface area contributed by atoms with E-state index < -0.39 is 0 Å². The largest absolute Gasteiger partial charge is 0.328 e. The van der Waals surface area contributed by atoms with E-state index in [-0.39, 0.29) is 16.7 Å². The van der Waals surface area contributed by atoms with E-state index in [9.17, 15) is 10.1 Å². The van der Waals surface area contributed by atoms with Gasteiger partial charge in [0.1, 0.15) is 0 Å². The minimum absolute atomic E-state index is 0.118. The Balaban J connectivity index is 2.76. The van der Waals surface area contributed by atoms with Crippen molar-refractivity contribution in [3.05, 3.63) is 34.1 Å². The van der Waals surface area contributed by atoms with Gasteiger partial charge in [-0.15, -0.1) is 0 Å². The van der Waals surface area contributed by atoms with Gasteiger partial charge >= 0.3 is 0 Å². The first-order valence-corrected chi connectivity index (χ1v) is 5.12. The molecule has 1 aromatic heterocycles. The molecule has 2 aromatic rings. The minimum Gasteiger partial charge on any atom is -0.328 e. The lowest BCUT2D eigenvalue weighted by molar-refractivity contribution is -0.384. The molecule has 0 atom stereocenters. The van der Waals surface area contributed by atoms with E-state index in [1.54, 1.807) is 18.5 Å². The lowest BCUT2D eigenvalue weighted by Crippen LogP contribution is -1.99. The molecule has 0 radical (unpaired) electrons. The Bertz CT molecular complexity index is 558. The van der Waals surface area contributed by atoms with Crippen molar-refractivity contribution in [3.8, 4) is 0 Å². The molecule has 16 heavy (non-hydrogen) atoms. The molecule has 0 aliphatic heterocycles. The maximum atomic E-state index is 10.8. The highest BCUT2D eigenvalue weighted by Gasteiger charge is 2.14. The number of hydrogen-bond acceptors (Lipinski definition) is 3. The SMILES string of the molecule is Cc1cc([N+](=O)[O-])cc2c1ncn2C(C)C. The van der Waals surface area contributed by atoms with E-state index in [0.717, 1.165) is 16.6 Å². The molecule has 0 saturated carbocycles. The molecule has 1 aromatic carbocycles. The number of nitrogens with zero attached hydrogens (tertiary/aromatic N) is 3. The average molecular weight is 219 g/mol. The molecular formula is C11H13N3O2. The number of nitro benzene ring substituents is 1. The average Bonchev–Trinajstić information content (AvgIpc) is 2.61. The van der Waals surface area contributed by atoms with E-state index in [0.29, 0.717) is 0 Å². The summed E-state index contributed by atoms with van der Waals surface area (Å²) < 4.78 is 1.94. The maximum Gasteiger partial charge on any atom is 0.271 e. The first kappa shape index (κ1) is 10.6. The molecule has 0 bridgehead atoms. The van der Waals surface area contributed by atoms with Gasteiger partial charge in [0.15, 0.2) is 0 Å². The van der Waals surface area contributed by atoms with Crippen LogP contribution in [-0.4, -0.2) is 14.5 Å². The summed E-state index contributed by atoms with van der Waals surface area (Å²) in [6.45, 7) is 5.89. The summed E-state index contributed by atoms with van der Waals surface area (Å²) >= 11 is 0. The second-order valence-corrected chi connectivity index (χ2v) is 4.13. The first-order valence-electron chi connectivity index (χ1n) is 5.12. The van der Waals surface area contributed by atoms with Crippen molar-refractivity contribution in [1.29, 1.82) is 0 Å². The lowest BCUT2D eigenvalue weighted by atomic mass is 10.2. The first-order chi connectivity index (χ1) is 7.50. The number of nitro groups is 1. The van der Waals surface area contributed by atoms with Crippen LogP contribution in [0.3, 0.4) is 0 Å². The minimum atomic E-state index is -0.371. The predicted molar refractivity (Wildman–Crippen MR) is 61.5 cm³/mol. The van der Waals surface area contributed by atoms with Crippen LogP contribution in [-0.2, 0) is 0 Å². The second kappa shape index (κ2) is 3.59. The molecule has 0 N–H and O–H groups in total. The summed E-state index contributed by atoms with van der Waals surface area (Å²) in [6.07, 6.45) is 1.73. The Morgan fingerprint density at radius 1 is 1.44 bits per heavy atom. The molecule has 0 unspecified atom stereocenters. The number of imidazole rings is 1. The maximum absolute atomic E-state index is 10.8. The number of hydrogen-bond donors (Lipinski definition) is 0. The summed E-state index contributed by atoms with van der Waals surface area (Å²) in [5, 5.41) is 10.8. The predicted octanol–water partition coefficient (Wildman–Crippen LogP) is 2.83. The topological polar surface area (TPSA) is 61.0 Å². The molecule has 0 spiro atoms. The molecule has 0 amide bonds. The van der Waals surface area contributed by atoms with Crippen molar-refractivity contribution < 1.29 is 4.92 Å². The number of non-ortho nitro benzene ring substituents is 1. The van der Waals surface area contributed by atoms with Crippen LogP contribution in [0.5, 0.6) is 0 Å². The standard InChI is InChI=1S/C11H13N3O2/c1-7(2)13-6-12-11-8(3)4-9(14(15)16)5-10(11)13/h4-7H,1-3H3. The van der Waals surface area contributed by atoms with Crippen molar-refractivity contribution >= 4 is 16.7 Å². The van der Waals surface area contributed by atoms with E-state index in [1.165, 1.54) is 0 Å². The van der Waals surface area contributed by atoms with Gasteiger partial charge in [-0.3, -0.25) is 10.1 Å². The number of fused-ring (bicyclic) bond motifs is 1. The van der Waals surface area contributed by atoms with Gasteiger partial charge in [-0.25, -0.2) is 4.98 Å². The number of aryl methyl sites for hydroxylation is 1. The van der Waals surface area contributed by atoms with Crippen LogP contribution in [0.2, 0.25) is 0 Å². The molecule has 2 rings (SSSR count). The van der Waals surface area contributed by atoms with Crippen molar-refractivity contribution in [1.82, 2.24) is 9.55 Å². The van der Waals surface area contributed by atoms with Crippen LogP contribution in [0.4, 0.5) is 5.69 Å². The van der Waals surface area contributed by atoms with Gasteiger partial charge < -0.3 is 4.57 Å². The van der Waals surface area contributed by atoms with E-state index in [1.807, 2.05) is 25.3 Å². The van der Waals surface area contributed by atoms with Crippen molar-refractivity contribution in [3.63, 3.8) is 0 Å². The van der Waals surface area contributed by atoms with Crippen molar-refractivity contribution in [2.75, 3.05) is 0 Å².